The minimum Gasteiger partial charge on any atom is -0.479 e. The molecule has 5 heteroatoms. The minimum atomic E-state index is -1.61. The lowest BCUT2D eigenvalue weighted by atomic mass is 9.97. The molecular weight excluding hydrogens is 339 g/mol. The summed E-state index contributed by atoms with van der Waals surface area (Å²) in [5.41, 5.74) is 0.398. The fourth-order valence-corrected chi connectivity index (χ4v) is 4.98. The number of carbonyl (C=O) groups is 1. The predicted octanol–water partition coefficient (Wildman–Crippen LogP) is 4.25. The molecule has 0 amide bonds. The first-order valence-corrected chi connectivity index (χ1v) is 10.4. The van der Waals surface area contributed by atoms with Gasteiger partial charge in [0.1, 0.15) is 0 Å². The summed E-state index contributed by atoms with van der Waals surface area (Å²) in [6.07, 6.45) is 2.07. The van der Waals surface area contributed by atoms with Gasteiger partial charge in [-0.3, -0.25) is 0 Å². The molecule has 0 radical (unpaired) electrons. The van der Waals surface area contributed by atoms with E-state index in [1.165, 1.54) is 10.5 Å². The highest BCUT2D eigenvalue weighted by Crippen LogP contribution is 2.30. The molecular formula is C19H23O3PS. The van der Waals surface area contributed by atoms with Crippen LogP contribution in [0.15, 0.2) is 65.6 Å². The first-order valence-electron chi connectivity index (χ1n) is 7.98. The first kappa shape index (κ1) is 19.0. The van der Waals surface area contributed by atoms with Crippen molar-refractivity contribution in [1.82, 2.24) is 0 Å². The third kappa shape index (κ3) is 6.27. The van der Waals surface area contributed by atoms with Crippen molar-refractivity contribution < 1.29 is 15.0 Å². The van der Waals surface area contributed by atoms with Crippen LogP contribution < -0.4 is 0 Å². The smallest absolute Gasteiger partial charge is 0.336 e. The van der Waals surface area contributed by atoms with Gasteiger partial charge in [-0.15, -0.1) is 20.3 Å². The van der Waals surface area contributed by atoms with Gasteiger partial charge < -0.3 is 10.2 Å². The Balaban J connectivity index is 1.75. The molecule has 2 aromatic carbocycles. The number of benzene rings is 2. The second-order valence-corrected chi connectivity index (χ2v) is 8.47. The maximum Gasteiger partial charge on any atom is 0.336 e. The maximum atomic E-state index is 11.5. The number of aliphatic hydroxyl groups is 1. The zero-order valence-electron chi connectivity index (χ0n) is 13.5. The zero-order chi connectivity index (χ0) is 17.3. The zero-order valence-corrected chi connectivity index (χ0v) is 15.3. The van der Waals surface area contributed by atoms with Crippen molar-refractivity contribution in [1.29, 1.82) is 0 Å². The van der Waals surface area contributed by atoms with Gasteiger partial charge in [0.15, 0.2) is 5.60 Å². The van der Waals surface area contributed by atoms with Crippen LogP contribution in [-0.2, 0) is 11.2 Å². The lowest BCUT2D eigenvalue weighted by molar-refractivity contribution is -0.156. The number of hydrogen-bond acceptors (Lipinski definition) is 3. The molecule has 0 fully saturated rings. The maximum absolute atomic E-state index is 11.5. The monoisotopic (exact) mass is 362 g/mol. The fourth-order valence-electron chi connectivity index (χ4n) is 2.41. The molecule has 2 aromatic rings. The van der Waals surface area contributed by atoms with Crippen LogP contribution in [0.4, 0.5) is 0 Å². The van der Waals surface area contributed by atoms with E-state index in [1.807, 2.05) is 60.7 Å². The molecule has 2 rings (SSSR count). The Labute approximate surface area is 149 Å². The number of rotatable bonds is 10. The van der Waals surface area contributed by atoms with Crippen molar-refractivity contribution in [2.24, 2.45) is 0 Å². The summed E-state index contributed by atoms with van der Waals surface area (Å²) < 4.78 is 0. The first-order chi connectivity index (χ1) is 11.6. The van der Waals surface area contributed by atoms with E-state index in [0.717, 1.165) is 11.9 Å². The van der Waals surface area contributed by atoms with Crippen LogP contribution in [0.5, 0.6) is 0 Å². The van der Waals surface area contributed by atoms with Gasteiger partial charge in [-0.25, -0.2) is 4.79 Å². The van der Waals surface area contributed by atoms with E-state index in [9.17, 15) is 15.0 Å². The highest BCUT2D eigenvalue weighted by atomic mass is 32.2. The Morgan fingerprint density at radius 3 is 2.29 bits per heavy atom. The molecule has 0 aliphatic rings. The van der Waals surface area contributed by atoms with Gasteiger partial charge in [0.2, 0.25) is 0 Å². The van der Waals surface area contributed by atoms with E-state index in [0.29, 0.717) is 27.6 Å². The third-order valence-corrected chi connectivity index (χ3v) is 6.63. The molecule has 0 aliphatic carbocycles. The lowest BCUT2D eigenvalue weighted by Crippen LogP contribution is -2.41. The van der Waals surface area contributed by atoms with Crippen molar-refractivity contribution >= 4 is 26.3 Å². The summed E-state index contributed by atoms with van der Waals surface area (Å²) in [6, 6.07) is 20.0. The Morgan fingerprint density at radius 2 is 1.67 bits per heavy atom. The van der Waals surface area contributed by atoms with Crippen molar-refractivity contribution in [2.45, 2.75) is 29.8 Å². The lowest BCUT2D eigenvalue weighted by Gasteiger charge is -2.23. The molecule has 0 bridgehead atoms. The molecule has 0 spiro atoms. The Morgan fingerprint density at radius 1 is 1.04 bits per heavy atom. The molecule has 2 atom stereocenters. The number of thioether (sulfide) groups is 1. The number of carboxylic acids is 1. The molecule has 0 heterocycles. The van der Waals surface area contributed by atoms with Gasteiger partial charge in [0.05, 0.1) is 0 Å². The molecule has 0 aromatic heterocycles. The second-order valence-electron chi connectivity index (χ2n) is 5.70. The van der Waals surface area contributed by atoms with Crippen molar-refractivity contribution in [3.05, 3.63) is 66.2 Å². The molecule has 3 nitrogen and oxygen atoms in total. The van der Waals surface area contributed by atoms with Crippen molar-refractivity contribution in [3.63, 3.8) is 0 Å². The normalized spacial score (nSPS) is 13.9. The average molecular weight is 362 g/mol. The van der Waals surface area contributed by atoms with Crippen LogP contribution >= 0.6 is 20.3 Å². The van der Waals surface area contributed by atoms with Gasteiger partial charge >= 0.3 is 5.97 Å². The van der Waals surface area contributed by atoms with E-state index in [2.05, 4.69) is 0 Å². The Hall–Kier alpha value is -1.35. The second kappa shape index (κ2) is 9.83. The average Bonchev–Trinajstić information content (AvgIpc) is 2.60. The van der Waals surface area contributed by atoms with Gasteiger partial charge in [-0.2, -0.15) is 0 Å². The van der Waals surface area contributed by atoms with Crippen LogP contribution in [-0.4, -0.2) is 33.4 Å². The van der Waals surface area contributed by atoms with Crippen LogP contribution in [0, 0.1) is 0 Å². The largest absolute Gasteiger partial charge is 0.479 e. The van der Waals surface area contributed by atoms with E-state index in [1.54, 1.807) is 11.8 Å². The molecule has 0 saturated heterocycles. The van der Waals surface area contributed by atoms with E-state index < -0.39 is 11.6 Å². The van der Waals surface area contributed by atoms with Crippen molar-refractivity contribution in [3.8, 4) is 0 Å². The topological polar surface area (TPSA) is 57.5 Å². The summed E-state index contributed by atoms with van der Waals surface area (Å²) in [5.74, 6) is -1.10. The highest BCUT2D eigenvalue weighted by molar-refractivity contribution is 8.03. The number of hydrogen-bond donors (Lipinski definition) is 2. The van der Waals surface area contributed by atoms with Crippen LogP contribution in [0.25, 0.3) is 0 Å². The summed E-state index contributed by atoms with van der Waals surface area (Å²) in [5, 5.41) is 19.9. The van der Waals surface area contributed by atoms with Crippen LogP contribution in [0.1, 0.15) is 18.4 Å². The van der Waals surface area contributed by atoms with E-state index in [-0.39, 0.29) is 0 Å². The summed E-state index contributed by atoms with van der Waals surface area (Å²) in [6.45, 7) is 0. The van der Waals surface area contributed by atoms with Gasteiger partial charge in [0, 0.05) is 16.6 Å². The quantitative estimate of drug-likeness (QED) is 0.377. The predicted molar refractivity (Wildman–Crippen MR) is 102 cm³/mol. The Bertz CT molecular complexity index is 621. The van der Waals surface area contributed by atoms with E-state index in [4.69, 9.17) is 0 Å². The SMILES string of the molecule is O=C(O)C(O)(CCCc1ccccc1)CPCSc1ccccc1. The Kier molecular flexibility index (Phi) is 7.77. The van der Waals surface area contributed by atoms with Gasteiger partial charge in [-0.05, 0) is 37.0 Å². The van der Waals surface area contributed by atoms with Gasteiger partial charge in [-0.1, -0.05) is 48.5 Å². The number of aryl methyl sites for hydroxylation is 1. The molecule has 24 heavy (non-hydrogen) atoms. The molecule has 128 valence electrons. The van der Waals surface area contributed by atoms with Crippen LogP contribution in [0.3, 0.4) is 0 Å². The molecule has 2 N–H and O–H groups in total. The third-order valence-electron chi connectivity index (χ3n) is 3.80. The summed E-state index contributed by atoms with van der Waals surface area (Å²) in [7, 11) is 0.412. The molecule has 2 unspecified atom stereocenters. The number of aliphatic carboxylic acids is 1. The van der Waals surface area contributed by atoms with E-state index >= 15 is 0 Å². The highest BCUT2D eigenvalue weighted by Gasteiger charge is 2.34. The minimum absolute atomic E-state index is 0.292. The summed E-state index contributed by atoms with van der Waals surface area (Å²) >= 11 is 1.70. The fraction of sp³-hybridized carbons (Fsp3) is 0.316. The van der Waals surface area contributed by atoms with Crippen LogP contribution in [0.2, 0.25) is 0 Å². The standard InChI is InChI=1S/C19H23O3PS/c20-18(21)19(22,13-7-10-16-8-3-1-4-9-16)14-23-15-24-17-11-5-2-6-12-17/h1-6,8-9,11-12,22-23H,7,10,13-15H2,(H,20,21). The van der Waals surface area contributed by atoms with Crippen molar-refractivity contribution in [2.75, 3.05) is 11.7 Å². The molecule has 0 aliphatic heterocycles. The van der Waals surface area contributed by atoms with Gasteiger partial charge in [0.25, 0.3) is 0 Å². The molecule has 0 saturated carbocycles. The summed E-state index contributed by atoms with van der Waals surface area (Å²) in [4.78, 5) is 12.6. The number of carboxylic acid groups (broad SMARTS) is 1.